The van der Waals surface area contributed by atoms with Crippen molar-refractivity contribution in [2.75, 3.05) is 14.2 Å². The van der Waals surface area contributed by atoms with Crippen molar-refractivity contribution in [2.24, 2.45) is 0 Å². The minimum Gasteiger partial charge on any atom is -0.493 e. The Morgan fingerprint density at radius 3 is 2.37 bits per heavy atom. The Balaban J connectivity index is 2.39. The van der Waals surface area contributed by atoms with E-state index in [1.54, 1.807) is 34.3 Å². The first-order valence-corrected chi connectivity index (χ1v) is 5.96. The minimum absolute atomic E-state index is 0.525. The topological polar surface area (TPSA) is 67.4 Å². The molecule has 0 bridgehead atoms. The van der Waals surface area contributed by atoms with Gasteiger partial charge in [-0.15, -0.1) is 0 Å². The zero-order valence-electron chi connectivity index (χ0n) is 11.5. The molecule has 0 fully saturated rings. The van der Waals surface area contributed by atoms with E-state index < -0.39 is 5.60 Å². The molecule has 0 aliphatic carbocycles. The molecule has 2 aromatic rings. The number of hydrogen-bond acceptors (Lipinski definition) is 4. The van der Waals surface area contributed by atoms with Crippen LogP contribution in [0.2, 0.25) is 0 Å². The molecule has 0 saturated carbocycles. The van der Waals surface area contributed by atoms with E-state index in [0.717, 1.165) is 11.3 Å². The second-order valence-electron chi connectivity index (χ2n) is 4.77. The Hall–Kier alpha value is -2.01. The number of imidazole rings is 1. The fourth-order valence-corrected chi connectivity index (χ4v) is 1.78. The molecule has 0 radical (unpaired) electrons. The van der Waals surface area contributed by atoms with Crippen molar-refractivity contribution in [1.82, 2.24) is 9.97 Å². The average Bonchev–Trinajstić information content (AvgIpc) is 2.87. The number of rotatable bonds is 4. The molecule has 0 aliphatic rings. The standard InChI is InChI=1S/C14H18N2O3/c1-14(2,17)13-15-8-10(16-13)9-5-6-11(18-3)12(7-9)19-4/h5-8,17H,1-4H3,(H,15,16). The molecule has 19 heavy (non-hydrogen) atoms. The molecule has 0 atom stereocenters. The summed E-state index contributed by atoms with van der Waals surface area (Å²) in [5.41, 5.74) is 0.744. The number of ether oxygens (including phenoxy) is 2. The third kappa shape index (κ3) is 2.71. The molecule has 1 aromatic carbocycles. The Bertz CT molecular complexity index is 570. The van der Waals surface area contributed by atoms with Crippen molar-refractivity contribution < 1.29 is 14.6 Å². The smallest absolute Gasteiger partial charge is 0.161 e. The highest BCUT2D eigenvalue weighted by atomic mass is 16.5. The zero-order chi connectivity index (χ0) is 14.0. The monoisotopic (exact) mass is 262 g/mol. The van der Waals surface area contributed by atoms with E-state index in [1.807, 2.05) is 18.2 Å². The van der Waals surface area contributed by atoms with E-state index in [2.05, 4.69) is 9.97 Å². The number of nitrogens with zero attached hydrogens (tertiary/aromatic N) is 1. The number of hydrogen-bond donors (Lipinski definition) is 2. The lowest BCUT2D eigenvalue weighted by molar-refractivity contribution is 0.0697. The van der Waals surface area contributed by atoms with Crippen LogP contribution >= 0.6 is 0 Å². The van der Waals surface area contributed by atoms with Gasteiger partial charge in [-0.05, 0) is 32.0 Å². The largest absolute Gasteiger partial charge is 0.493 e. The summed E-state index contributed by atoms with van der Waals surface area (Å²) in [5.74, 6) is 1.85. The van der Waals surface area contributed by atoms with Crippen molar-refractivity contribution >= 4 is 0 Å². The molecular formula is C14H18N2O3. The normalized spacial score (nSPS) is 11.4. The summed E-state index contributed by atoms with van der Waals surface area (Å²) in [7, 11) is 3.19. The molecule has 5 heteroatoms. The van der Waals surface area contributed by atoms with Crippen LogP contribution in [0.4, 0.5) is 0 Å². The first-order valence-electron chi connectivity index (χ1n) is 5.96. The van der Waals surface area contributed by atoms with E-state index in [9.17, 15) is 5.11 Å². The number of benzene rings is 1. The third-order valence-electron chi connectivity index (χ3n) is 2.85. The highest BCUT2D eigenvalue weighted by molar-refractivity contribution is 5.63. The predicted molar refractivity (Wildman–Crippen MR) is 72.4 cm³/mol. The molecule has 1 aromatic heterocycles. The van der Waals surface area contributed by atoms with E-state index in [-0.39, 0.29) is 0 Å². The maximum atomic E-state index is 9.89. The molecule has 0 amide bonds. The van der Waals surface area contributed by atoms with Crippen molar-refractivity contribution in [1.29, 1.82) is 0 Å². The van der Waals surface area contributed by atoms with Gasteiger partial charge in [0.1, 0.15) is 11.4 Å². The van der Waals surface area contributed by atoms with Crippen molar-refractivity contribution in [3.05, 3.63) is 30.2 Å². The van der Waals surface area contributed by atoms with Gasteiger partial charge < -0.3 is 19.6 Å². The molecule has 2 N–H and O–H groups in total. The van der Waals surface area contributed by atoms with E-state index in [1.165, 1.54) is 0 Å². The second kappa shape index (κ2) is 4.93. The predicted octanol–water partition coefficient (Wildman–Crippen LogP) is 2.32. The van der Waals surface area contributed by atoms with Crippen molar-refractivity contribution in [3.63, 3.8) is 0 Å². The molecular weight excluding hydrogens is 244 g/mol. The summed E-state index contributed by atoms with van der Waals surface area (Å²) >= 11 is 0. The number of nitrogens with one attached hydrogen (secondary N) is 1. The van der Waals surface area contributed by atoms with Crippen LogP contribution in [-0.4, -0.2) is 29.3 Å². The van der Waals surface area contributed by atoms with Gasteiger partial charge in [-0.25, -0.2) is 4.98 Å². The molecule has 5 nitrogen and oxygen atoms in total. The van der Waals surface area contributed by atoms with Crippen LogP contribution in [0.3, 0.4) is 0 Å². The Morgan fingerprint density at radius 2 is 1.84 bits per heavy atom. The van der Waals surface area contributed by atoms with Gasteiger partial charge in [-0.1, -0.05) is 0 Å². The van der Waals surface area contributed by atoms with Crippen LogP contribution < -0.4 is 9.47 Å². The van der Waals surface area contributed by atoms with Crippen molar-refractivity contribution in [3.8, 4) is 22.8 Å². The summed E-state index contributed by atoms with van der Waals surface area (Å²) in [6.07, 6.45) is 1.69. The summed E-state index contributed by atoms with van der Waals surface area (Å²) < 4.78 is 10.5. The first kappa shape index (κ1) is 13.4. The highest BCUT2D eigenvalue weighted by Crippen LogP contribution is 2.32. The maximum Gasteiger partial charge on any atom is 0.161 e. The number of methoxy groups -OCH3 is 2. The van der Waals surface area contributed by atoms with Gasteiger partial charge in [-0.3, -0.25) is 0 Å². The zero-order valence-corrected chi connectivity index (χ0v) is 11.5. The molecule has 2 rings (SSSR count). The third-order valence-corrected chi connectivity index (χ3v) is 2.85. The molecule has 1 heterocycles. The Labute approximate surface area is 112 Å². The van der Waals surface area contributed by atoms with Crippen LogP contribution in [0, 0.1) is 0 Å². The number of aromatic amines is 1. The Morgan fingerprint density at radius 1 is 1.16 bits per heavy atom. The number of aromatic nitrogens is 2. The summed E-state index contributed by atoms with van der Waals surface area (Å²) in [6.45, 7) is 3.37. The van der Waals surface area contributed by atoms with E-state index in [4.69, 9.17) is 9.47 Å². The van der Waals surface area contributed by atoms with Crippen LogP contribution in [0.1, 0.15) is 19.7 Å². The van der Waals surface area contributed by atoms with Crippen molar-refractivity contribution in [2.45, 2.75) is 19.4 Å². The van der Waals surface area contributed by atoms with Crippen LogP contribution in [0.25, 0.3) is 11.3 Å². The maximum absolute atomic E-state index is 9.89. The van der Waals surface area contributed by atoms with Gasteiger partial charge in [0.15, 0.2) is 11.5 Å². The number of H-pyrrole nitrogens is 1. The SMILES string of the molecule is COc1ccc(-c2cnc(C(C)(C)O)[nH]2)cc1OC. The fourth-order valence-electron chi connectivity index (χ4n) is 1.78. The van der Waals surface area contributed by atoms with Crippen LogP contribution in [0.5, 0.6) is 11.5 Å². The van der Waals surface area contributed by atoms with Gasteiger partial charge in [0.05, 0.1) is 26.1 Å². The highest BCUT2D eigenvalue weighted by Gasteiger charge is 2.20. The van der Waals surface area contributed by atoms with Gasteiger partial charge >= 0.3 is 0 Å². The van der Waals surface area contributed by atoms with Gasteiger partial charge in [0, 0.05) is 5.56 Å². The lowest BCUT2D eigenvalue weighted by Gasteiger charge is -2.13. The first-order chi connectivity index (χ1) is 8.95. The van der Waals surface area contributed by atoms with Crippen LogP contribution in [0.15, 0.2) is 24.4 Å². The molecule has 102 valence electrons. The molecule has 0 spiro atoms. The van der Waals surface area contributed by atoms with Gasteiger partial charge in [0.2, 0.25) is 0 Å². The lowest BCUT2D eigenvalue weighted by atomic mass is 10.1. The molecule has 0 saturated heterocycles. The fraction of sp³-hybridized carbons (Fsp3) is 0.357. The minimum atomic E-state index is -0.991. The van der Waals surface area contributed by atoms with Gasteiger partial charge in [0.25, 0.3) is 0 Å². The van der Waals surface area contributed by atoms with E-state index >= 15 is 0 Å². The van der Waals surface area contributed by atoms with Gasteiger partial charge in [-0.2, -0.15) is 0 Å². The number of aliphatic hydroxyl groups is 1. The summed E-state index contributed by atoms with van der Waals surface area (Å²) in [4.78, 5) is 7.29. The quantitative estimate of drug-likeness (QED) is 0.887. The lowest BCUT2D eigenvalue weighted by Crippen LogP contribution is -2.17. The summed E-state index contributed by atoms with van der Waals surface area (Å²) in [5, 5.41) is 9.89. The average molecular weight is 262 g/mol. The Kier molecular flexibility index (Phi) is 3.48. The second-order valence-corrected chi connectivity index (χ2v) is 4.77. The van der Waals surface area contributed by atoms with E-state index in [0.29, 0.717) is 17.3 Å². The molecule has 0 aliphatic heterocycles. The molecule has 0 unspecified atom stereocenters. The summed E-state index contributed by atoms with van der Waals surface area (Å²) in [6, 6.07) is 5.60. The van der Waals surface area contributed by atoms with Crippen LogP contribution in [-0.2, 0) is 5.60 Å².